The minimum atomic E-state index is -0.227. The predicted molar refractivity (Wildman–Crippen MR) is 54.4 cm³/mol. The Morgan fingerprint density at radius 3 is 2.54 bits per heavy atom. The number of hydrogen-bond donors (Lipinski definition) is 1. The van der Waals surface area contributed by atoms with Crippen molar-refractivity contribution >= 4 is 5.78 Å². The molecule has 1 rings (SSSR count). The van der Waals surface area contributed by atoms with E-state index in [0.29, 0.717) is 5.92 Å². The van der Waals surface area contributed by atoms with Gasteiger partial charge in [-0.1, -0.05) is 26.2 Å². The zero-order valence-corrected chi connectivity index (χ0v) is 8.75. The summed E-state index contributed by atoms with van der Waals surface area (Å²) in [7, 11) is 0. The lowest BCUT2D eigenvalue weighted by Crippen LogP contribution is -2.31. The monoisotopic (exact) mass is 183 g/mol. The standard InChI is InChI=1S/C11H21NO/c1-8(6-10-4-3-5-10)7-11(12)9(2)13/h8,10-11H,3-7,12H2,1-2H3. The summed E-state index contributed by atoms with van der Waals surface area (Å²) in [5.41, 5.74) is 5.70. The normalized spacial score (nSPS) is 22.1. The Labute approximate surface area is 80.9 Å². The van der Waals surface area contributed by atoms with Gasteiger partial charge in [-0.05, 0) is 31.6 Å². The van der Waals surface area contributed by atoms with Gasteiger partial charge in [0.2, 0.25) is 0 Å². The molecule has 76 valence electrons. The van der Waals surface area contributed by atoms with Gasteiger partial charge in [-0.2, -0.15) is 0 Å². The van der Waals surface area contributed by atoms with Crippen LogP contribution in [0.2, 0.25) is 0 Å². The number of ketones is 1. The largest absolute Gasteiger partial charge is 0.322 e. The number of carbonyl (C=O) groups excluding carboxylic acids is 1. The summed E-state index contributed by atoms with van der Waals surface area (Å²) in [6.45, 7) is 3.79. The quantitative estimate of drug-likeness (QED) is 0.709. The SMILES string of the molecule is CC(=O)C(N)CC(C)CC1CCC1. The maximum absolute atomic E-state index is 10.9. The van der Waals surface area contributed by atoms with Crippen molar-refractivity contribution < 1.29 is 4.79 Å². The van der Waals surface area contributed by atoms with Crippen LogP contribution in [0.15, 0.2) is 0 Å². The second-order valence-electron chi connectivity index (χ2n) is 4.59. The van der Waals surface area contributed by atoms with Crippen LogP contribution in [0.5, 0.6) is 0 Å². The molecule has 0 heterocycles. The second kappa shape index (κ2) is 4.75. The van der Waals surface area contributed by atoms with Gasteiger partial charge < -0.3 is 5.73 Å². The van der Waals surface area contributed by atoms with E-state index >= 15 is 0 Å². The van der Waals surface area contributed by atoms with Crippen molar-refractivity contribution in [1.82, 2.24) is 0 Å². The van der Waals surface area contributed by atoms with E-state index in [1.165, 1.54) is 25.7 Å². The average molecular weight is 183 g/mol. The highest BCUT2D eigenvalue weighted by molar-refractivity contribution is 5.81. The van der Waals surface area contributed by atoms with Gasteiger partial charge in [0.25, 0.3) is 0 Å². The van der Waals surface area contributed by atoms with Crippen molar-refractivity contribution in [2.24, 2.45) is 17.6 Å². The van der Waals surface area contributed by atoms with Crippen LogP contribution in [0.4, 0.5) is 0 Å². The van der Waals surface area contributed by atoms with Gasteiger partial charge in [0.05, 0.1) is 6.04 Å². The van der Waals surface area contributed by atoms with Crippen LogP contribution >= 0.6 is 0 Å². The molecule has 1 aliphatic carbocycles. The Hall–Kier alpha value is -0.370. The van der Waals surface area contributed by atoms with Crippen LogP contribution in [-0.4, -0.2) is 11.8 Å². The Balaban J connectivity index is 2.15. The molecule has 2 heteroatoms. The maximum Gasteiger partial charge on any atom is 0.146 e. The number of carbonyl (C=O) groups is 1. The molecule has 0 aromatic heterocycles. The molecular weight excluding hydrogens is 162 g/mol. The molecule has 0 aromatic carbocycles. The summed E-state index contributed by atoms with van der Waals surface area (Å²) >= 11 is 0. The van der Waals surface area contributed by atoms with E-state index in [-0.39, 0.29) is 11.8 Å². The van der Waals surface area contributed by atoms with Gasteiger partial charge in [-0.25, -0.2) is 0 Å². The molecular formula is C11H21NO. The van der Waals surface area contributed by atoms with Crippen LogP contribution in [0.3, 0.4) is 0 Å². The Bertz CT molecular complexity index is 175. The Morgan fingerprint density at radius 1 is 1.54 bits per heavy atom. The molecule has 0 radical (unpaired) electrons. The van der Waals surface area contributed by atoms with Crippen molar-refractivity contribution in [3.05, 3.63) is 0 Å². The third kappa shape index (κ3) is 3.47. The average Bonchev–Trinajstić information content (AvgIpc) is 1.96. The van der Waals surface area contributed by atoms with Gasteiger partial charge in [0.15, 0.2) is 0 Å². The van der Waals surface area contributed by atoms with Crippen molar-refractivity contribution in [2.75, 3.05) is 0 Å². The summed E-state index contributed by atoms with van der Waals surface area (Å²) in [5.74, 6) is 1.67. The van der Waals surface area contributed by atoms with Crippen LogP contribution in [0, 0.1) is 11.8 Å². The third-order valence-electron chi connectivity index (χ3n) is 3.14. The first kappa shape index (κ1) is 10.7. The fraction of sp³-hybridized carbons (Fsp3) is 0.909. The van der Waals surface area contributed by atoms with E-state index in [1.54, 1.807) is 6.92 Å². The molecule has 0 spiro atoms. The highest BCUT2D eigenvalue weighted by Crippen LogP contribution is 2.33. The minimum Gasteiger partial charge on any atom is -0.322 e. The van der Waals surface area contributed by atoms with E-state index in [0.717, 1.165) is 12.3 Å². The summed E-state index contributed by atoms with van der Waals surface area (Å²) in [6.07, 6.45) is 6.31. The topological polar surface area (TPSA) is 43.1 Å². The molecule has 2 nitrogen and oxygen atoms in total. The fourth-order valence-electron chi connectivity index (χ4n) is 1.99. The van der Waals surface area contributed by atoms with Crippen LogP contribution in [0.25, 0.3) is 0 Å². The number of Topliss-reactive ketones (excluding diaryl/α,β-unsaturated/α-hetero) is 1. The summed E-state index contributed by atoms with van der Waals surface area (Å²) in [4.78, 5) is 10.9. The predicted octanol–water partition coefficient (Wildman–Crippen LogP) is 2.12. The molecule has 0 amide bonds. The van der Waals surface area contributed by atoms with E-state index in [4.69, 9.17) is 5.73 Å². The smallest absolute Gasteiger partial charge is 0.146 e. The minimum absolute atomic E-state index is 0.125. The highest BCUT2D eigenvalue weighted by Gasteiger charge is 2.21. The van der Waals surface area contributed by atoms with Gasteiger partial charge in [0.1, 0.15) is 5.78 Å². The molecule has 2 atom stereocenters. The molecule has 0 aliphatic heterocycles. The van der Waals surface area contributed by atoms with Gasteiger partial charge >= 0.3 is 0 Å². The third-order valence-corrected chi connectivity index (χ3v) is 3.14. The zero-order valence-electron chi connectivity index (χ0n) is 8.75. The molecule has 1 fully saturated rings. The molecule has 1 aliphatic rings. The number of hydrogen-bond acceptors (Lipinski definition) is 2. The molecule has 13 heavy (non-hydrogen) atoms. The van der Waals surface area contributed by atoms with E-state index < -0.39 is 0 Å². The van der Waals surface area contributed by atoms with Crippen molar-refractivity contribution in [3.63, 3.8) is 0 Å². The molecule has 0 aromatic rings. The lowest BCUT2D eigenvalue weighted by atomic mass is 9.78. The number of nitrogens with two attached hydrogens (primary N) is 1. The van der Waals surface area contributed by atoms with E-state index in [2.05, 4.69) is 6.92 Å². The van der Waals surface area contributed by atoms with Gasteiger partial charge in [-0.3, -0.25) is 4.79 Å². The molecule has 2 unspecified atom stereocenters. The lowest BCUT2D eigenvalue weighted by molar-refractivity contribution is -0.118. The van der Waals surface area contributed by atoms with E-state index in [1.807, 2.05) is 0 Å². The van der Waals surface area contributed by atoms with Crippen LogP contribution in [0.1, 0.15) is 46.0 Å². The van der Waals surface area contributed by atoms with E-state index in [9.17, 15) is 4.79 Å². The van der Waals surface area contributed by atoms with Gasteiger partial charge in [-0.15, -0.1) is 0 Å². The maximum atomic E-state index is 10.9. The first-order valence-corrected chi connectivity index (χ1v) is 5.35. The van der Waals surface area contributed by atoms with Crippen molar-refractivity contribution in [3.8, 4) is 0 Å². The summed E-state index contributed by atoms with van der Waals surface area (Å²) in [6, 6.07) is -0.227. The zero-order chi connectivity index (χ0) is 9.84. The molecule has 2 N–H and O–H groups in total. The Kier molecular flexibility index (Phi) is 3.91. The number of rotatable bonds is 5. The van der Waals surface area contributed by atoms with Crippen LogP contribution in [-0.2, 0) is 4.79 Å². The fourth-order valence-corrected chi connectivity index (χ4v) is 1.99. The van der Waals surface area contributed by atoms with Crippen molar-refractivity contribution in [1.29, 1.82) is 0 Å². The molecule has 0 saturated heterocycles. The molecule has 0 bridgehead atoms. The summed E-state index contributed by atoms with van der Waals surface area (Å²) in [5, 5.41) is 0. The van der Waals surface area contributed by atoms with Crippen LogP contribution < -0.4 is 5.73 Å². The Morgan fingerprint density at radius 2 is 2.15 bits per heavy atom. The highest BCUT2D eigenvalue weighted by atomic mass is 16.1. The second-order valence-corrected chi connectivity index (χ2v) is 4.59. The molecule has 1 saturated carbocycles. The van der Waals surface area contributed by atoms with Crippen molar-refractivity contribution in [2.45, 2.75) is 52.0 Å². The van der Waals surface area contributed by atoms with Gasteiger partial charge in [0, 0.05) is 0 Å². The first-order chi connectivity index (χ1) is 6.09. The first-order valence-electron chi connectivity index (χ1n) is 5.35. The summed E-state index contributed by atoms with van der Waals surface area (Å²) < 4.78 is 0. The lowest BCUT2D eigenvalue weighted by Gasteiger charge is -2.28.